The minimum atomic E-state index is -0.226. The average molecular weight is 392 g/mol. The number of hydrogen-bond donors (Lipinski definition) is 2. The zero-order valence-corrected chi connectivity index (χ0v) is 17.0. The van der Waals surface area contributed by atoms with Crippen LogP contribution in [0.2, 0.25) is 0 Å². The van der Waals surface area contributed by atoms with Crippen molar-refractivity contribution in [2.24, 2.45) is 11.8 Å². The molecule has 5 heteroatoms. The Morgan fingerprint density at radius 1 is 1.00 bits per heavy atom. The van der Waals surface area contributed by atoms with Gasteiger partial charge in [-0.3, -0.25) is 4.79 Å². The van der Waals surface area contributed by atoms with Crippen molar-refractivity contribution in [2.75, 3.05) is 31.5 Å². The molecule has 1 aliphatic carbocycles. The predicted molar refractivity (Wildman–Crippen MR) is 115 cm³/mol. The lowest BCUT2D eigenvalue weighted by Gasteiger charge is -2.26. The Bertz CT molecular complexity index is 862. The van der Waals surface area contributed by atoms with Gasteiger partial charge in [0.05, 0.1) is 0 Å². The maximum atomic E-state index is 12.1. The highest BCUT2D eigenvalue weighted by molar-refractivity contribution is 5.96. The minimum absolute atomic E-state index is 0.0108. The Labute approximate surface area is 172 Å². The molecule has 0 saturated carbocycles. The Hall–Kier alpha value is -2.66. The van der Waals surface area contributed by atoms with E-state index in [2.05, 4.69) is 39.8 Å². The van der Waals surface area contributed by atoms with Crippen molar-refractivity contribution in [1.82, 2.24) is 10.2 Å². The standard InChI is InChI=1S/C24H29N3O2/c1-17(28)18-8-4-9-23(14-18)26-24(29)25-10-5-11-27-15-21-12-19-6-2-3-7-20(19)13-22(21)16-27/h2-4,6-9,14,21-22H,5,10-13,15-16H2,1H3,(H2,25,26,29)/t21-,22+. The largest absolute Gasteiger partial charge is 0.338 e. The average Bonchev–Trinajstić information content (AvgIpc) is 3.11. The van der Waals surface area contributed by atoms with E-state index in [-0.39, 0.29) is 11.8 Å². The Morgan fingerprint density at radius 2 is 1.69 bits per heavy atom. The third-order valence-corrected chi connectivity index (χ3v) is 6.20. The van der Waals surface area contributed by atoms with Crippen molar-refractivity contribution in [3.8, 4) is 0 Å². The second-order valence-corrected chi connectivity index (χ2v) is 8.33. The fourth-order valence-corrected chi connectivity index (χ4v) is 4.70. The number of benzene rings is 2. The second kappa shape index (κ2) is 8.78. The minimum Gasteiger partial charge on any atom is -0.338 e. The summed E-state index contributed by atoms with van der Waals surface area (Å²) in [5, 5.41) is 5.72. The number of fused-ring (bicyclic) bond motifs is 2. The molecular weight excluding hydrogens is 362 g/mol. The number of carbonyl (C=O) groups is 2. The van der Waals surface area contributed by atoms with Crippen molar-refractivity contribution >= 4 is 17.5 Å². The van der Waals surface area contributed by atoms with Crippen LogP contribution in [-0.4, -0.2) is 42.9 Å². The summed E-state index contributed by atoms with van der Waals surface area (Å²) in [5.41, 5.74) is 4.30. The highest BCUT2D eigenvalue weighted by atomic mass is 16.2. The first kappa shape index (κ1) is 19.6. The van der Waals surface area contributed by atoms with E-state index in [0.717, 1.165) is 24.8 Å². The number of urea groups is 1. The van der Waals surface area contributed by atoms with E-state index in [1.807, 2.05) is 0 Å². The first-order chi connectivity index (χ1) is 14.1. The third-order valence-electron chi connectivity index (χ3n) is 6.20. The van der Waals surface area contributed by atoms with Crippen LogP contribution in [0.1, 0.15) is 34.8 Å². The summed E-state index contributed by atoms with van der Waals surface area (Å²) in [7, 11) is 0. The molecule has 2 aromatic rings. The molecule has 29 heavy (non-hydrogen) atoms. The van der Waals surface area contributed by atoms with Crippen LogP contribution in [0, 0.1) is 11.8 Å². The van der Waals surface area contributed by atoms with Crippen LogP contribution in [0.4, 0.5) is 10.5 Å². The number of ketones is 1. The first-order valence-corrected chi connectivity index (χ1v) is 10.5. The van der Waals surface area contributed by atoms with E-state index in [9.17, 15) is 9.59 Å². The van der Waals surface area contributed by atoms with Gasteiger partial charge in [-0.15, -0.1) is 0 Å². The quantitative estimate of drug-likeness (QED) is 0.582. The van der Waals surface area contributed by atoms with E-state index in [0.29, 0.717) is 17.8 Å². The smallest absolute Gasteiger partial charge is 0.319 e. The third kappa shape index (κ3) is 4.85. The lowest BCUT2D eigenvalue weighted by atomic mass is 9.78. The molecule has 2 aromatic carbocycles. The molecule has 1 aliphatic heterocycles. The van der Waals surface area contributed by atoms with E-state index in [4.69, 9.17) is 0 Å². The van der Waals surface area contributed by atoms with Crippen molar-refractivity contribution in [2.45, 2.75) is 26.2 Å². The number of carbonyl (C=O) groups excluding carboxylic acids is 2. The van der Waals surface area contributed by atoms with E-state index in [1.54, 1.807) is 24.3 Å². The molecule has 1 heterocycles. The lowest BCUT2D eigenvalue weighted by Crippen LogP contribution is -2.32. The summed E-state index contributed by atoms with van der Waals surface area (Å²) in [4.78, 5) is 26.1. The molecule has 0 spiro atoms. The van der Waals surface area contributed by atoms with Gasteiger partial charge in [0.2, 0.25) is 0 Å². The number of rotatable bonds is 6. The van der Waals surface area contributed by atoms with Gasteiger partial charge in [-0.05, 0) is 67.8 Å². The summed E-state index contributed by atoms with van der Waals surface area (Å²) in [6.07, 6.45) is 3.35. The number of nitrogens with one attached hydrogen (secondary N) is 2. The summed E-state index contributed by atoms with van der Waals surface area (Å²) < 4.78 is 0. The summed E-state index contributed by atoms with van der Waals surface area (Å²) in [6, 6.07) is 15.6. The Kier molecular flexibility index (Phi) is 5.95. The van der Waals surface area contributed by atoms with Crippen LogP contribution in [0.3, 0.4) is 0 Å². The fraction of sp³-hybridized carbons (Fsp3) is 0.417. The van der Waals surface area contributed by atoms with E-state index in [1.165, 1.54) is 44.0 Å². The van der Waals surface area contributed by atoms with E-state index >= 15 is 0 Å². The van der Waals surface area contributed by atoms with Crippen LogP contribution in [0.15, 0.2) is 48.5 Å². The van der Waals surface area contributed by atoms with Crippen molar-refractivity contribution in [1.29, 1.82) is 0 Å². The molecule has 0 bridgehead atoms. The van der Waals surface area contributed by atoms with Crippen LogP contribution < -0.4 is 10.6 Å². The highest BCUT2D eigenvalue weighted by Gasteiger charge is 2.35. The van der Waals surface area contributed by atoms with Gasteiger partial charge >= 0.3 is 6.03 Å². The summed E-state index contributed by atoms with van der Waals surface area (Å²) in [5.74, 6) is 1.53. The van der Waals surface area contributed by atoms with Crippen LogP contribution >= 0.6 is 0 Å². The van der Waals surface area contributed by atoms with Crippen molar-refractivity contribution in [3.63, 3.8) is 0 Å². The van der Waals surface area contributed by atoms with Gasteiger partial charge in [0.25, 0.3) is 0 Å². The molecule has 0 aromatic heterocycles. The number of anilines is 1. The Morgan fingerprint density at radius 3 is 2.34 bits per heavy atom. The number of hydrogen-bond acceptors (Lipinski definition) is 3. The molecule has 5 nitrogen and oxygen atoms in total. The number of amides is 2. The molecule has 1 saturated heterocycles. The van der Waals surface area contributed by atoms with Crippen molar-refractivity contribution in [3.05, 3.63) is 65.2 Å². The fourth-order valence-electron chi connectivity index (χ4n) is 4.70. The Balaban J connectivity index is 1.18. The summed E-state index contributed by atoms with van der Waals surface area (Å²) in [6.45, 7) is 5.52. The molecule has 2 atom stereocenters. The number of Topliss-reactive ketones (excluding diaryl/α,β-unsaturated/α-hetero) is 1. The van der Waals surface area contributed by atoms with Gasteiger partial charge in [-0.1, -0.05) is 36.4 Å². The molecule has 1 fully saturated rings. The van der Waals surface area contributed by atoms with Gasteiger partial charge < -0.3 is 15.5 Å². The normalized spacial score (nSPS) is 20.6. The summed E-state index contributed by atoms with van der Waals surface area (Å²) >= 11 is 0. The monoisotopic (exact) mass is 391 g/mol. The molecule has 2 aliphatic rings. The van der Waals surface area contributed by atoms with E-state index < -0.39 is 0 Å². The van der Waals surface area contributed by atoms with Crippen LogP contribution in [-0.2, 0) is 12.8 Å². The highest BCUT2D eigenvalue weighted by Crippen LogP contribution is 2.35. The zero-order valence-electron chi connectivity index (χ0n) is 17.0. The van der Waals surface area contributed by atoms with Crippen LogP contribution in [0.25, 0.3) is 0 Å². The van der Waals surface area contributed by atoms with Gasteiger partial charge in [0.15, 0.2) is 5.78 Å². The lowest BCUT2D eigenvalue weighted by molar-refractivity contribution is 0.101. The van der Waals surface area contributed by atoms with Crippen molar-refractivity contribution < 1.29 is 9.59 Å². The molecule has 0 unspecified atom stereocenters. The predicted octanol–water partition coefficient (Wildman–Crippen LogP) is 3.75. The zero-order chi connectivity index (χ0) is 20.2. The van der Waals surface area contributed by atoms with Gasteiger partial charge in [0, 0.05) is 30.9 Å². The maximum absolute atomic E-state index is 12.1. The number of likely N-dealkylation sites (tertiary alicyclic amines) is 1. The van der Waals surface area contributed by atoms with Crippen LogP contribution in [0.5, 0.6) is 0 Å². The van der Waals surface area contributed by atoms with Gasteiger partial charge in [-0.2, -0.15) is 0 Å². The molecular formula is C24H29N3O2. The van der Waals surface area contributed by atoms with Gasteiger partial charge in [0.1, 0.15) is 0 Å². The number of nitrogens with zero attached hydrogens (tertiary/aromatic N) is 1. The molecule has 0 radical (unpaired) electrons. The molecule has 152 valence electrons. The topological polar surface area (TPSA) is 61.4 Å². The molecule has 2 N–H and O–H groups in total. The molecule has 2 amide bonds. The SMILES string of the molecule is CC(=O)c1cccc(NC(=O)NCCCN2C[C@H]3Cc4ccccc4C[C@H]3C2)c1. The first-order valence-electron chi connectivity index (χ1n) is 10.5. The second-order valence-electron chi connectivity index (χ2n) is 8.33. The maximum Gasteiger partial charge on any atom is 0.319 e. The molecule has 4 rings (SSSR count). The van der Waals surface area contributed by atoms with Gasteiger partial charge in [-0.25, -0.2) is 4.79 Å².